The van der Waals surface area contributed by atoms with E-state index in [1.165, 1.54) is 0 Å². The Morgan fingerprint density at radius 3 is 2.88 bits per heavy atom. The average Bonchev–Trinajstić information content (AvgIpc) is 2.64. The summed E-state index contributed by atoms with van der Waals surface area (Å²) in [7, 11) is 0. The zero-order valence-electron chi connectivity index (χ0n) is 10.4. The lowest BCUT2D eigenvalue weighted by atomic mass is 10.2. The first-order valence-electron chi connectivity index (χ1n) is 5.71. The smallest absolute Gasteiger partial charge is 0.134 e. The number of aromatic nitrogens is 4. The molecule has 0 saturated heterocycles. The summed E-state index contributed by atoms with van der Waals surface area (Å²) in [4.78, 5) is 8.20. The monoisotopic (exact) mass is 231 g/mol. The van der Waals surface area contributed by atoms with Crippen molar-refractivity contribution in [3.63, 3.8) is 0 Å². The lowest BCUT2D eigenvalue weighted by Crippen LogP contribution is -2.04. The van der Waals surface area contributed by atoms with Gasteiger partial charge in [-0.25, -0.2) is 9.97 Å². The average molecular weight is 231 g/mol. The van der Waals surface area contributed by atoms with Gasteiger partial charge in [-0.2, -0.15) is 5.10 Å². The minimum Gasteiger partial charge on any atom is -0.338 e. The van der Waals surface area contributed by atoms with E-state index in [1.807, 2.05) is 23.9 Å². The number of aryl methyl sites for hydroxylation is 1. The highest BCUT2D eigenvalue weighted by atomic mass is 15.3. The Kier molecular flexibility index (Phi) is 3.37. The molecule has 0 atom stereocenters. The number of nitrogens with zero attached hydrogens (tertiary/aromatic N) is 4. The molecule has 0 aliphatic rings. The van der Waals surface area contributed by atoms with E-state index < -0.39 is 0 Å². The molecule has 90 valence electrons. The van der Waals surface area contributed by atoms with Crippen LogP contribution in [-0.4, -0.2) is 19.7 Å². The standard InChI is InChI=1S/C12H17N5/c1-9(2)6-17-7-11(5-15-17)16-12-4-10(3)13-8-14-12/h4-5,7-9H,6H2,1-3H3,(H,13,14,16). The second-order valence-electron chi connectivity index (χ2n) is 4.51. The first kappa shape index (κ1) is 11.6. The Balaban J connectivity index is 2.06. The topological polar surface area (TPSA) is 55.6 Å². The molecule has 2 heterocycles. The number of nitrogens with one attached hydrogen (secondary N) is 1. The summed E-state index contributed by atoms with van der Waals surface area (Å²) in [5.74, 6) is 1.38. The van der Waals surface area contributed by atoms with Gasteiger partial charge < -0.3 is 5.32 Å². The van der Waals surface area contributed by atoms with Gasteiger partial charge in [0.25, 0.3) is 0 Å². The van der Waals surface area contributed by atoms with Crippen molar-refractivity contribution in [1.82, 2.24) is 19.7 Å². The Morgan fingerprint density at radius 1 is 1.35 bits per heavy atom. The van der Waals surface area contributed by atoms with Crippen LogP contribution >= 0.6 is 0 Å². The van der Waals surface area contributed by atoms with Crippen LogP contribution in [0.1, 0.15) is 19.5 Å². The van der Waals surface area contributed by atoms with Gasteiger partial charge in [-0.05, 0) is 12.8 Å². The maximum absolute atomic E-state index is 4.29. The molecule has 5 nitrogen and oxygen atoms in total. The van der Waals surface area contributed by atoms with E-state index in [9.17, 15) is 0 Å². The Bertz CT molecular complexity index is 489. The van der Waals surface area contributed by atoms with Gasteiger partial charge >= 0.3 is 0 Å². The molecule has 0 aliphatic heterocycles. The minimum absolute atomic E-state index is 0.587. The normalized spacial score (nSPS) is 10.8. The molecule has 0 radical (unpaired) electrons. The highest BCUT2D eigenvalue weighted by molar-refractivity contribution is 5.53. The highest BCUT2D eigenvalue weighted by Crippen LogP contribution is 2.13. The van der Waals surface area contributed by atoms with Crippen molar-refractivity contribution in [2.45, 2.75) is 27.3 Å². The van der Waals surface area contributed by atoms with Crippen molar-refractivity contribution in [2.75, 3.05) is 5.32 Å². The Morgan fingerprint density at radius 2 is 2.18 bits per heavy atom. The van der Waals surface area contributed by atoms with E-state index in [-0.39, 0.29) is 0 Å². The van der Waals surface area contributed by atoms with Gasteiger partial charge in [0.15, 0.2) is 0 Å². The summed E-state index contributed by atoms with van der Waals surface area (Å²) >= 11 is 0. The second kappa shape index (κ2) is 4.95. The van der Waals surface area contributed by atoms with E-state index in [2.05, 4.69) is 34.2 Å². The summed E-state index contributed by atoms with van der Waals surface area (Å²) in [5.41, 5.74) is 1.89. The first-order chi connectivity index (χ1) is 8.13. The first-order valence-corrected chi connectivity index (χ1v) is 5.71. The molecule has 0 amide bonds. The molecular formula is C12H17N5. The van der Waals surface area contributed by atoms with Crippen molar-refractivity contribution in [2.24, 2.45) is 5.92 Å². The summed E-state index contributed by atoms with van der Waals surface area (Å²) in [6.45, 7) is 7.20. The third-order valence-corrected chi connectivity index (χ3v) is 2.26. The maximum Gasteiger partial charge on any atom is 0.134 e. The van der Waals surface area contributed by atoms with E-state index in [0.717, 1.165) is 23.7 Å². The van der Waals surface area contributed by atoms with Crippen molar-refractivity contribution in [3.8, 4) is 0 Å². The van der Waals surface area contributed by atoms with Gasteiger partial charge in [-0.3, -0.25) is 4.68 Å². The molecular weight excluding hydrogens is 214 g/mol. The van der Waals surface area contributed by atoms with Gasteiger partial charge in [-0.1, -0.05) is 13.8 Å². The van der Waals surface area contributed by atoms with E-state index in [0.29, 0.717) is 5.92 Å². The number of hydrogen-bond donors (Lipinski definition) is 1. The van der Waals surface area contributed by atoms with Crippen LogP contribution in [0.4, 0.5) is 11.5 Å². The van der Waals surface area contributed by atoms with Gasteiger partial charge in [0, 0.05) is 24.5 Å². The third kappa shape index (κ3) is 3.27. The van der Waals surface area contributed by atoms with E-state index in [4.69, 9.17) is 0 Å². The fourth-order valence-electron chi connectivity index (χ4n) is 1.57. The summed E-state index contributed by atoms with van der Waals surface area (Å²) in [6, 6.07) is 1.90. The van der Waals surface area contributed by atoms with Gasteiger partial charge in [0.2, 0.25) is 0 Å². The minimum atomic E-state index is 0.587. The molecule has 17 heavy (non-hydrogen) atoms. The van der Waals surface area contributed by atoms with Gasteiger partial charge in [0.1, 0.15) is 12.1 Å². The number of hydrogen-bond acceptors (Lipinski definition) is 4. The molecule has 0 aliphatic carbocycles. The third-order valence-electron chi connectivity index (χ3n) is 2.26. The van der Waals surface area contributed by atoms with Crippen molar-refractivity contribution in [3.05, 3.63) is 30.5 Å². The largest absolute Gasteiger partial charge is 0.338 e. The molecule has 0 spiro atoms. The van der Waals surface area contributed by atoms with Crippen LogP contribution in [-0.2, 0) is 6.54 Å². The number of anilines is 2. The second-order valence-corrected chi connectivity index (χ2v) is 4.51. The number of rotatable bonds is 4. The van der Waals surface area contributed by atoms with Crippen LogP contribution in [0, 0.1) is 12.8 Å². The highest BCUT2D eigenvalue weighted by Gasteiger charge is 2.02. The van der Waals surface area contributed by atoms with Crippen molar-refractivity contribution >= 4 is 11.5 Å². The molecule has 0 unspecified atom stereocenters. The quantitative estimate of drug-likeness (QED) is 0.877. The Hall–Kier alpha value is -1.91. The molecule has 2 aromatic heterocycles. The lowest BCUT2D eigenvalue weighted by molar-refractivity contribution is 0.483. The van der Waals surface area contributed by atoms with Crippen LogP contribution in [0.2, 0.25) is 0 Å². The van der Waals surface area contributed by atoms with E-state index >= 15 is 0 Å². The maximum atomic E-state index is 4.29. The zero-order chi connectivity index (χ0) is 12.3. The summed E-state index contributed by atoms with van der Waals surface area (Å²) < 4.78 is 1.93. The van der Waals surface area contributed by atoms with Crippen LogP contribution < -0.4 is 5.32 Å². The van der Waals surface area contributed by atoms with Crippen LogP contribution in [0.15, 0.2) is 24.8 Å². The van der Waals surface area contributed by atoms with Crippen LogP contribution in [0.25, 0.3) is 0 Å². The Labute approximate surface area is 101 Å². The van der Waals surface area contributed by atoms with Crippen molar-refractivity contribution < 1.29 is 0 Å². The molecule has 2 rings (SSSR count). The molecule has 0 fully saturated rings. The zero-order valence-corrected chi connectivity index (χ0v) is 10.4. The predicted octanol–water partition coefficient (Wildman–Crippen LogP) is 2.38. The molecule has 2 aromatic rings. The van der Waals surface area contributed by atoms with Crippen molar-refractivity contribution in [1.29, 1.82) is 0 Å². The molecule has 0 saturated carbocycles. The van der Waals surface area contributed by atoms with Crippen LogP contribution in [0.3, 0.4) is 0 Å². The molecule has 1 N–H and O–H groups in total. The fraction of sp³-hybridized carbons (Fsp3) is 0.417. The van der Waals surface area contributed by atoms with Crippen LogP contribution in [0.5, 0.6) is 0 Å². The van der Waals surface area contributed by atoms with Gasteiger partial charge in [0.05, 0.1) is 11.9 Å². The van der Waals surface area contributed by atoms with Gasteiger partial charge in [-0.15, -0.1) is 0 Å². The molecule has 0 aromatic carbocycles. The predicted molar refractivity (Wildman–Crippen MR) is 67.1 cm³/mol. The molecule has 0 bridgehead atoms. The van der Waals surface area contributed by atoms with E-state index in [1.54, 1.807) is 12.5 Å². The fourth-order valence-corrected chi connectivity index (χ4v) is 1.57. The summed E-state index contributed by atoms with van der Waals surface area (Å²) in [5, 5.41) is 7.49. The lowest BCUT2D eigenvalue weighted by Gasteiger charge is -2.04. The SMILES string of the molecule is Cc1cc(Nc2cnn(CC(C)C)c2)ncn1. The molecule has 5 heteroatoms. The summed E-state index contributed by atoms with van der Waals surface area (Å²) in [6.07, 6.45) is 5.34.